The third kappa shape index (κ3) is 4.31. The minimum Gasteiger partial charge on any atom is -0.360 e. The second-order valence-corrected chi connectivity index (χ2v) is 9.63. The third-order valence-corrected chi connectivity index (χ3v) is 7.25. The Labute approximate surface area is 179 Å². The monoisotopic (exact) mass is 442 g/mol. The zero-order valence-corrected chi connectivity index (χ0v) is 18.0. The lowest BCUT2D eigenvalue weighted by Crippen LogP contribution is -2.44. The fraction of sp³-hybridized carbons (Fsp3) is 0.238. The number of nitrogens with one attached hydrogen (secondary N) is 2. The summed E-state index contributed by atoms with van der Waals surface area (Å²) in [6, 6.07) is 13.9. The summed E-state index contributed by atoms with van der Waals surface area (Å²) in [7, 11) is -3.72. The molecule has 1 unspecified atom stereocenters. The molecule has 1 atom stereocenters. The van der Waals surface area contributed by atoms with Crippen LogP contribution in [0, 0.1) is 0 Å². The average molecular weight is 443 g/mol. The molecule has 0 fully saturated rings. The SMILES string of the molecule is CC(C(=O)Nc1ccc(S(=O)(=O)Nc2nccs2)cc1)N1CCCc2ccccc21. The maximum Gasteiger partial charge on any atom is 0.263 e. The number of aryl methyl sites for hydroxylation is 1. The van der Waals surface area contributed by atoms with E-state index in [2.05, 4.69) is 26.0 Å². The van der Waals surface area contributed by atoms with E-state index < -0.39 is 10.0 Å². The summed E-state index contributed by atoms with van der Waals surface area (Å²) in [5, 5.41) is 4.89. The van der Waals surface area contributed by atoms with Gasteiger partial charge in [-0.2, -0.15) is 0 Å². The van der Waals surface area contributed by atoms with Gasteiger partial charge in [0.15, 0.2) is 5.13 Å². The largest absolute Gasteiger partial charge is 0.360 e. The molecule has 0 radical (unpaired) electrons. The minimum atomic E-state index is -3.72. The molecule has 156 valence electrons. The number of sulfonamides is 1. The molecule has 1 aliphatic rings. The number of hydrogen-bond donors (Lipinski definition) is 2. The van der Waals surface area contributed by atoms with Gasteiger partial charge in [-0.1, -0.05) is 18.2 Å². The molecule has 0 spiro atoms. The van der Waals surface area contributed by atoms with Gasteiger partial charge in [0.25, 0.3) is 10.0 Å². The molecular formula is C21H22N4O3S2. The summed E-state index contributed by atoms with van der Waals surface area (Å²) in [6.45, 7) is 2.71. The van der Waals surface area contributed by atoms with E-state index in [-0.39, 0.29) is 16.8 Å². The van der Waals surface area contributed by atoms with Gasteiger partial charge in [-0.15, -0.1) is 11.3 Å². The van der Waals surface area contributed by atoms with Crippen molar-refractivity contribution in [3.63, 3.8) is 0 Å². The second kappa shape index (κ2) is 8.45. The molecule has 0 bridgehead atoms. The number of carbonyl (C=O) groups is 1. The van der Waals surface area contributed by atoms with E-state index >= 15 is 0 Å². The summed E-state index contributed by atoms with van der Waals surface area (Å²) >= 11 is 1.20. The lowest BCUT2D eigenvalue weighted by atomic mass is 10.00. The summed E-state index contributed by atoms with van der Waals surface area (Å²) in [5.74, 6) is -0.136. The zero-order chi connectivity index (χ0) is 21.1. The number of amides is 1. The van der Waals surface area contributed by atoms with Gasteiger partial charge in [-0.3, -0.25) is 9.52 Å². The van der Waals surface area contributed by atoms with Crippen molar-refractivity contribution < 1.29 is 13.2 Å². The Morgan fingerprint density at radius 3 is 2.67 bits per heavy atom. The molecule has 2 heterocycles. The first-order valence-electron chi connectivity index (χ1n) is 9.62. The lowest BCUT2D eigenvalue weighted by Gasteiger charge is -2.35. The fourth-order valence-corrected chi connectivity index (χ4v) is 5.31. The van der Waals surface area contributed by atoms with Gasteiger partial charge in [-0.05, 0) is 55.7 Å². The highest BCUT2D eigenvalue weighted by Gasteiger charge is 2.26. The van der Waals surface area contributed by atoms with Crippen molar-refractivity contribution in [1.29, 1.82) is 0 Å². The van der Waals surface area contributed by atoms with E-state index in [4.69, 9.17) is 0 Å². The van der Waals surface area contributed by atoms with E-state index in [0.29, 0.717) is 10.8 Å². The Morgan fingerprint density at radius 2 is 1.93 bits per heavy atom. The number of fused-ring (bicyclic) bond motifs is 1. The molecule has 2 aromatic carbocycles. The molecule has 4 rings (SSSR count). The maximum absolute atomic E-state index is 12.8. The van der Waals surface area contributed by atoms with Gasteiger partial charge in [-0.25, -0.2) is 13.4 Å². The topological polar surface area (TPSA) is 91.4 Å². The zero-order valence-electron chi connectivity index (χ0n) is 16.4. The summed E-state index contributed by atoms with van der Waals surface area (Å²) < 4.78 is 27.3. The number of hydrogen-bond acceptors (Lipinski definition) is 6. The normalized spacial score (nSPS) is 14.6. The smallest absolute Gasteiger partial charge is 0.263 e. The highest BCUT2D eigenvalue weighted by molar-refractivity contribution is 7.93. The summed E-state index contributed by atoms with van der Waals surface area (Å²) in [4.78, 5) is 19.0. The number of carbonyl (C=O) groups excluding carboxylic acids is 1. The van der Waals surface area contributed by atoms with Crippen LogP contribution in [-0.4, -0.2) is 31.9 Å². The molecule has 1 aromatic heterocycles. The van der Waals surface area contributed by atoms with Crippen molar-refractivity contribution in [2.75, 3.05) is 21.5 Å². The Bertz CT molecular complexity index is 1130. The highest BCUT2D eigenvalue weighted by atomic mass is 32.2. The first-order chi connectivity index (χ1) is 14.4. The van der Waals surface area contributed by atoms with Gasteiger partial charge in [0.2, 0.25) is 5.91 Å². The fourth-order valence-electron chi connectivity index (χ4n) is 3.52. The third-order valence-electron chi connectivity index (χ3n) is 5.08. The Kier molecular flexibility index (Phi) is 5.74. The van der Waals surface area contributed by atoms with Crippen LogP contribution in [0.4, 0.5) is 16.5 Å². The predicted molar refractivity (Wildman–Crippen MR) is 120 cm³/mol. The van der Waals surface area contributed by atoms with E-state index in [9.17, 15) is 13.2 Å². The van der Waals surface area contributed by atoms with Gasteiger partial charge in [0, 0.05) is 29.5 Å². The molecule has 7 nitrogen and oxygen atoms in total. The van der Waals surface area contributed by atoms with Crippen LogP contribution in [0.25, 0.3) is 0 Å². The minimum absolute atomic E-state index is 0.105. The Hall–Kier alpha value is -2.91. The van der Waals surface area contributed by atoms with Crippen molar-refractivity contribution in [3.8, 4) is 0 Å². The van der Waals surface area contributed by atoms with E-state index in [0.717, 1.165) is 25.1 Å². The van der Waals surface area contributed by atoms with Crippen molar-refractivity contribution >= 4 is 43.8 Å². The van der Waals surface area contributed by atoms with Crippen LogP contribution in [0.2, 0.25) is 0 Å². The molecule has 0 aliphatic carbocycles. The number of para-hydroxylation sites is 1. The van der Waals surface area contributed by atoms with Crippen LogP contribution in [0.5, 0.6) is 0 Å². The van der Waals surface area contributed by atoms with Crippen LogP contribution in [0.1, 0.15) is 18.9 Å². The van der Waals surface area contributed by atoms with Crippen molar-refractivity contribution in [2.45, 2.75) is 30.7 Å². The van der Waals surface area contributed by atoms with Crippen molar-refractivity contribution in [3.05, 3.63) is 65.7 Å². The maximum atomic E-state index is 12.8. The number of nitrogens with zero attached hydrogens (tertiary/aromatic N) is 2. The first-order valence-corrected chi connectivity index (χ1v) is 12.0. The van der Waals surface area contributed by atoms with Crippen LogP contribution in [-0.2, 0) is 21.2 Å². The number of thiazole rings is 1. The molecule has 2 N–H and O–H groups in total. The van der Waals surface area contributed by atoms with Gasteiger partial charge in [0.1, 0.15) is 6.04 Å². The second-order valence-electron chi connectivity index (χ2n) is 7.06. The quantitative estimate of drug-likeness (QED) is 0.607. The lowest BCUT2D eigenvalue weighted by molar-refractivity contribution is -0.117. The van der Waals surface area contributed by atoms with Crippen LogP contribution < -0.4 is 14.9 Å². The van der Waals surface area contributed by atoms with E-state index in [1.807, 2.05) is 25.1 Å². The van der Waals surface area contributed by atoms with Crippen molar-refractivity contribution in [1.82, 2.24) is 4.98 Å². The number of anilines is 3. The average Bonchev–Trinajstić information content (AvgIpc) is 3.25. The molecule has 3 aromatic rings. The molecule has 0 saturated carbocycles. The van der Waals surface area contributed by atoms with Gasteiger partial charge < -0.3 is 10.2 Å². The molecular weight excluding hydrogens is 420 g/mol. The number of aromatic nitrogens is 1. The van der Waals surface area contributed by atoms with Gasteiger partial charge in [0.05, 0.1) is 4.90 Å². The van der Waals surface area contributed by atoms with Crippen LogP contribution >= 0.6 is 11.3 Å². The molecule has 1 aliphatic heterocycles. The Morgan fingerprint density at radius 1 is 1.17 bits per heavy atom. The van der Waals surface area contributed by atoms with Crippen LogP contribution in [0.3, 0.4) is 0 Å². The summed E-state index contributed by atoms with van der Waals surface area (Å²) in [6.07, 6.45) is 3.56. The molecule has 30 heavy (non-hydrogen) atoms. The summed E-state index contributed by atoms with van der Waals surface area (Å²) in [5.41, 5.74) is 2.90. The Balaban J connectivity index is 1.44. The standard InChI is InChI=1S/C21H22N4O3S2/c1-15(25-13-4-6-16-5-2-3-7-19(16)25)20(26)23-17-8-10-18(11-9-17)30(27,28)24-21-22-12-14-29-21/h2-3,5,7-12,14-15H,4,6,13H2,1H3,(H,22,24)(H,23,26). The molecule has 0 saturated heterocycles. The molecule has 1 amide bonds. The number of benzene rings is 2. The van der Waals surface area contributed by atoms with E-state index in [1.54, 1.807) is 17.5 Å². The van der Waals surface area contributed by atoms with E-state index in [1.165, 1.54) is 35.2 Å². The van der Waals surface area contributed by atoms with Crippen molar-refractivity contribution in [2.24, 2.45) is 0 Å². The number of rotatable bonds is 6. The van der Waals surface area contributed by atoms with Gasteiger partial charge >= 0.3 is 0 Å². The predicted octanol–water partition coefficient (Wildman–Crippen LogP) is 3.72. The first kappa shape index (κ1) is 20.4. The molecule has 9 heteroatoms. The van der Waals surface area contributed by atoms with Crippen LogP contribution in [0.15, 0.2) is 65.0 Å². The highest BCUT2D eigenvalue weighted by Crippen LogP contribution is 2.29.